The van der Waals surface area contributed by atoms with Crippen LogP contribution in [0.25, 0.3) is 76.5 Å². The first kappa shape index (κ1) is 26.5. The van der Waals surface area contributed by atoms with Gasteiger partial charge in [0.25, 0.3) is 0 Å². The van der Waals surface area contributed by atoms with Crippen molar-refractivity contribution in [1.82, 2.24) is 0 Å². The van der Waals surface area contributed by atoms with Crippen LogP contribution >= 0.6 is 0 Å². The van der Waals surface area contributed by atoms with E-state index in [1.165, 1.54) is 93.2 Å². The van der Waals surface area contributed by atoms with Gasteiger partial charge in [0, 0.05) is 5.41 Å². The van der Waals surface area contributed by atoms with Gasteiger partial charge in [0.2, 0.25) is 0 Å². The topological polar surface area (TPSA) is 0 Å². The Morgan fingerprint density at radius 3 is 1.78 bits per heavy atom. The third kappa shape index (κ3) is 3.72. The summed E-state index contributed by atoms with van der Waals surface area (Å²) in [6, 6.07) is 48.4. The third-order valence-corrected chi connectivity index (χ3v) is 10.6. The first-order valence-corrected chi connectivity index (χ1v) is 16.2. The van der Waals surface area contributed by atoms with E-state index in [-0.39, 0.29) is 10.8 Å². The number of benzene rings is 8. The van der Waals surface area contributed by atoms with E-state index < -0.39 is 0 Å². The summed E-state index contributed by atoms with van der Waals surface area (Å²) in [7, 11) is 0. The lowest BCUT2D eigenvalue weighted by molar-refractivity contribution is 0.591. The highest BCUT2D eigenvalue weighted by Crippen LogP contribution is 2.50. The fraction of sp³-hybridized carbons (Fsp3) is 0.156. The highest BCUT2D eigenvalue weighted by Gasteiger charge is 2.35. The summed E-state index contributed by atoms with van der Waals surface area (Å²) in [5, 5.41) is 10.6. The zero-order chi connectivity index (χ0) is 30.7. The minimum Gasteiger partial charge on any atom is -0.0619 e. The highest BCUT2D eigenvalue weighted by molar-refractivity contribution is 6.26. The Balaban J connectivity index is 1.24. The molecule has 0 aliphatic heterocycles. The molecule has 0 atom stereocenters. The molecule has 0 spiro atoms. The largest absolute Gasteiger partial charge is 0.0619 e. The second kappa shape index (κ2) is 9.05. The van der Waals surface area contributed by atoms with E-state index in [4.69, 9.17) is 0 Å². The van der Waals surface area contributed by atoms with Gasteiger partial charge in [0.15, 0.2) is 0 Å². The van der Waals surface area contributed by atoms with Crippen LogP contribution in [0.1, 0.15) is 51.3 Å². The third-order valence-electron chi connectivity index (χ3n) is 10.6. The molecular weight excluding hydrogens is 540 g/mol. The van der Waals surface area contributed by atoms with E-state index in [0.29, 0.717) is 0 Å². The molecule has 0 heteroatoms. The maximum Gasteiger partial charge on any atom is 0.0159 e. The second-order valence-electron chi connectivity index (χ2n) is 14.6. The number of hydrogen-bond donors (Lipinski definition) is 0. The van der Waals surface area contributed by atoms with Gasteiger partial charge in [0.05, 0.1) is 0 Å². The van der Waals surface area contributed by atoms with E-state index in [2.05, 4.69) is 162 Å². The van der Waals surface area contributed by atoms with Gasteiger partial charge in [-0.25, -0.2) is 0 Å². The van der Waals surface area contributed by atoms with E-state index >= 15 is 0 Å². The van der Waals surface area contributed by atoms with E-state index in [0.717, 1.165) is 0 Å². The molecule has 0 unspecified atom stereocenters. The van der Waals surface area contributed by atoms with Gasteiger partial charge < -0.3 is 0 Å². The minimum atomic E-state index is -0.0208. The van der Waals surface area contributed by atoms with Crippen LogP contribution in [0.2, 0.25) is 0 Å². The Morgan fingerprint density at radius 2 is 1.00 bits per heavy atom. The minimum absolute atomic E-state index is 0.0208. The molecule has 1 aliphatic carbocycles. The van der Waals surface area contributed by atoms with E-state index in [1.54, 1.807) is 0 Å². The van der Waals surface area contributed by atoms with Gasteiger partial charge in [-0.15, -0.1) is 0 Å². The molecule has 0 nitrogen and oxygen atoms in total. The lowest BCUT2D eigenvalue weighted by Gasteiger charge is -2.22. The number of rotatable bonds is 2. The monoisotopic (exact) mass is 576 g/mol. The molecule has 9 rings (SSSR count). The molecule has 0 heterocycles. The first-order valence-electron chi connectivity index (χ1n) is 16.2. The van der Waals surface area contributed by atoms with E-state index in [1.807, 2.05) is 0 Å². The lowest BCUT2D eigenvalue weighted by atomic mass is 9.81. The average Bonchev–Trinajstić information content (AvgIpc) is 3.28. The molecule has 0 amide bonds. The first-order chi connectivity index (χ1) is 21.7. The van der Waals surface area contributed by atoms with Crippen LogP contribution in [0, 0.1) is 0 Å². The summed E-state index contributed by atoms with van der Waals surface area (Å²) < 4.78 is 0. The maximum atomic E-state index is 2.44. The lowest BCUT2D eigenvalue weighted by Crippen LogP contribution is -2.14. The van der Waals surface area contributed by atoms with Gasteiger partial charge in [-0.2, -0.15) is 0 Å². The van der Waals surface area contributed by atoms with Crippen LogP contribution in [0.3, 0.4) is 0 Å². The van der Waals surface area contributed by atoms with Crippen LogP contribution in [0.4, 0.5) is 0 Å². The summed E-state index contributed by atoms with van der Waals surface area (Å²) >= 11 is 0. The van der Waals surface area contributed by atoms with Crippen molar-refractivity contribution >= 4 is 43.1 Å². The smallest absolute Gasteiger partial charge is 0.0159 e. The van der Waals surface area contributed by atoms with Gasteiger partial charge in [-0.05, 0) is 105 Å². The van der Waals surface area contributed by atoms with E-state index in [9.17, 15) is 0 Å². The number of fused-ring (bicyclic) bond motifs is 4. The van der Waals surface area contributed by atoms with Gasteiger partial charge in [-0.1, -0.05) is 156 Å². The Kier molecular flexibility index (Phi) is 5.32. The Hall–Kier alpha value is -4.94. The Labute approximate surface area is 265 Å². The predicted octanol–water partition coefficient (Wildman–Crippen LogP) is 12.7. The predicted molar refractivity (Wildman–Crippen MR) is 195 cm³/mol. The van der Waals surface area contributed by atoms with Crippen molar-refractivity contribution in [3.63, 3.8) is 0 Å². The van der Waals surface area contributed by atoms with Gasteiger partial charge in [-0.3, -0.25) is 0 Å². The number of hydrogen-bond acceptors (Lipinski definition) is 0. The summed E-state index contributed by atoms with van der Waals surface area (Å²) in [5.41, 5.74) is 12.2. The molecule has 0 saturated heterocycles. The van der Waals surface area contributed by atoms with Crippen LogP contribution < -0.4 is 0 Å². The molecule has 8 aromatic rings. The molecule has 0 radical (unpaired) electrons. The summed E-state index contributed by atoms with van der Waals surface area (Å²) in [6.45, 7) is 11.6. The summed E-state index contributed by atoms with van der Waals surface area (Å²) in [6.07, 6.45) is 0. The van der Waals surface area contributed by atoms with Crippen LogP contribution in [0.15, 0.2) is 127 Å². The van der Waals surface area contributed by atoms with Crippen molar-refractivity contribution in [2.75, 3.05) is 0 Å². The Morgan fingerprint density at radius 1 is 0.422 bits per heavy atom. The fourth-order valence-corrected chi connectivity index (χ4v) is 8.16. The van der Waals surface area contributed by atoms with Crippen molar-refractivity contribution in [3.8, 4) is 33.4 Å². The SMILES string of the molecule is CC(C)(C)c1cc2ccc3ccc(-c4cccc5c(-c6ccc7c(c6)C(C)(C)c6ccccc6-7)cccc45)c4ccc(c1)c2c34. The van der Waals surface area contributed by atoms with Crippen molar-refractivity contribution in [1.29, 1.82) is 0 Å². The van der Waals surface area contributed by atoms with Gasteiger partial charge >= 0.3 is 0 Å². The zero-order valence-electron chi connectivity index (χ0n) is 26.6. The molecule has 45 heavy (non-hydrogen) atoms. The summed E-state index contributed by atoms with van der Waals surface area (Å²) in [4.78, 5) is 0. The standard InChI is InChI=1S/C45H36/c1-44(2,3)31-24-29-17-16-27-18-21-36(39-23-20-30(25-31)42(29)43(27)39)35-14-9-12-33-32(11-8-13-34(33)35)28-19-22-38-37-10-6-7-15-40(37)45(4,5)41(38)26-28/h6-26H,1-5H3. The van der Waals surface area contributed by atoms with Crippen molar-refractivity contribution in [3.05, 3.63) is 144 Å². The molecule has 0 fully saturated rings. The molecule has 216 valence electrons. The fourth-order valence-electron chi connectivity index (χ4n) is 8.16. The quantitative estimate of drug-likeness (QED) is 0.180. The molecule has 1 aliphatic rings. The normalized spacial score (nSPS) is 14.1. The van der Waals surface area contributed by atoms with Crippen molar-refractivity contribution < 1.29 is 0 Å². The zero-order valence-corrected chi connectivity index (χ0v) is 26.6. The maximum absolute atomic E-state index is 2.44. The average molecular weight is 577 g/mol. The summed E-state index contributed by atoms with van der Waals surface area (Å²) in [5.74, 6) is 0. The Bertz CT molecular complexity index is 2460. The van der Waals surface area contributed by atoms with Crippen LogP contribution in [0.5, 0.6) is 0 Å². The highest BCUT2D eigenvalue weighted by atomic mass is 14.4. The molecule has 8 aromatic carbocycles. The molecule has 0 aromatic heterocycles. The second-order valence-corrected chi connectivity index (χ2v) is 14.6. The molecule has 0 N–H and O–H groups in total. The van der Waals surface area contributed by atoms with Crippen molar-refractivity contribution in [2.24, 2.45) is 0 Å². The molecule has 0 bridgehead atoms. The van der Waals surface area contributed by atoms with Crippen LogP contribution in [-0.2, 0) is 10.8 Å². The molecule has 0 saturated carbocycles. The van der Waals surface area contributed by atoms with Gasteiger partial charge in [0.1, 0.15) is 0 Å². The molecular formula is C45H36. The van der Waals surface area contributed by atoms with Crippen LogP contribution in [-0.4, -0.2) is 0 Å². The van der Waals surface area contributed by atoms with Crippen molar-refractivity contribution in [2.45, 2.75) is 45.4 Å².